The van der Waals surface area contributed by atoms with Gasteiger partial charge in [0.15, 0.2) is 0 Å². The van der Waals surface area contributed by atoms with Gasteiger partial charge in [0.25, 0.3) is 10.1 Å². The average molecular weight is 334 g/mol. The quantitative estimate of drug-likeness (QED) is 0.821. The van der Waals surface area contributed by atoms with Crippen LogP contribution in [0.2, 0.25) is 0 Å². The molecule has 0 aliphatic carbocycles. The van der Waals surface area contributed by atoms with Crippen LogP contribution in [0.3, 0.4) is 0 Å². The van der Waals surface area contributed by atoms with Gasteiger partial charge in [-0.3, -0.25) is 9.35 Å². The van der Waals surface area contributed by atoms with Gasteiger partial charge < -0.3 is 10.2 Å². The smallest absolute Gasteiger partial charge is 0.294 e. The molecule has 122 valence electrons. The summed E-state index contributed by atoms with van der Waals surface area (Å²) in [6.07, 6.45) is 0. The van der Waals surface area contributed by atoms with Crippen LogP contribution in [0.15, 0.2) is 53.4 Å². The van der Waals surface area contributed by atoms with E-state index in [-0.39, 0.29) is 10.8 Å². The molecule has 0 aromatic heterocycles. The third kappa shape index (κ3) is 4.80. The largest absolute Gasteiger partial charge is 0.370 e. The van der Waals surface area contributed by atoms with Crippen molar-refractivity contribution >= 4 is 27.4 Å². The second-order valence-corrected chi connectivity index (χ2v) is 6.63. The summed E-state index contributed by atoms with van der Waals surface area (Å²) in [5, 5.41) is 2.71. The molecule has 2 aromatic carbocycles. The van der Waals surface area contributed by atoms with E-state index in [0.29, 0.717) is 12.2 Å². The lowest BCUT2D eigenvalue weighted by Crippen LogP contribution is -2.17. The van der Waals surface area contributed by atoms with Crippen LogP contribution in [-0.4, -0.2) is 25.9 Å². The second-order valence-electron chi connectivity index (χ2n) is 5.21. The first-order chi connectivity index (χ1) is 10.8. The molecule has 2 aromatic rings. The third-order valence-corrected chi connectivity index (χ3v) is 4.07. The lowest BCUT2D eigenvalue weighted by molar-refractivity contribution is -0.114. The Balaban J connectivity index is 2.19. The highest BCUT2D eigenvalue weighted by atomic mass is 32.2. The molecule has 2 rings (SSSR count). The number of rotatable bonds is 5. The molecule has 0 aliphatic rings. The maximum Gasteiger partial charge on any atom is 0.294 e. The van der Waals surface area contributed by atoms with Gasteiger partial charge in [-0.25, -0.2) is 0 Å². The molecule has 0 atom stereocenters. The van der Waals surface area contributed by atoms with Crippen molar-refractivity contribution in [3.63, 3.8) is 0 Å². The number of carbonyl (C=O) groups is 1. The summed E-state index contributed by atoms with van der Waals surface area (Å²) >= 11 is 0. The first-order valence-electron chi connectivity index (χ1n) is 6.91. The number of amides is 1. The van der Waals surface area contributed by atoms with Crippen molar-refractivity contribution in [3.8, 4) is 0 Å². The van der Waals surface area contributed by atoms with Crippen LogP contribution in [0.1, 0.15) is 12.5 Å². The SMILES string of the molecule is CC(=O)Nc1cccc(N(C)Cc2cccc(S(=O)(=O)O)c2)c1. The molecular weight excluding hydrogens is 316 g/mol. The van der Waals surface area contributed by atoms with Crippen molar-refractivity contribution in [2.45, 2.75) is 18.4 Å². The Hall–Kier alpha value is -2.38. The van der Waals surface area contributed by atoms with Gasteiger partial charge in [0.05, 0.1) is 4.90 Å². The molecule has 0 fully saturated rings. The molecule has 6 nitrogen and oxygen atoms in total. The van der Waals surface area contributed by atoms with Gasteiger partial charge in [0, 0.05) is 31.9 Å². The Morgan fingerprint density at radius 3 is 2.52 bits per heavy atom. The van der Waals surface area contributed by atoms with Crippen molar-refractivity contribution < 1.29 is 17.8 Å². The van der Waals surface area contributed by atoms with E-state index in [9.17, 15) is 13.2 Å². The topological polar surface area (TPSA) is 86.7 Å². The van der Waals surface area contributed by atoms with Gasteiger partial charge in [-0.15, -0.1) is 0 Å². The fraction of sp³-hybridized carbons (Fsp3) is 0.188. The van der Waals surface area contributed by atoms with Crippen molar-refractivity contribution in [1.82, 2.24) is 0 Å². The van der Waals surface area contributed by atoms with Crippen LogP contribution in [0.4, 0.5) is 11.4 Å². The summed E-state index contributed by atoms with van der Waals surface area (Å²) in [6.45, 7) is 1.89. The standard InChI is InChI=1S/C16H18N2O4S/c1-12(19)17-14-6-4-7-15(10-14)18(2)11-13-5-3-8-16(9-13)23(20,21)22/h3-10H,11H2,1-2H3,(H,17,19)(H,20,21,22). The van der Waals surface area contributed by atoms with E-state index < -0.39 is 10.1 Å². The molecule has 7 heteroatoms. The van der Waals surface area contributed by atoms with Gasteiger partial charge in [-0.1, -0.05) is 18.2 Å². The van der Waals surface area contributed by atoms with Gasteiger partial charge in [-0.05, 0) is 35.9 Å². The fourth-order valence-electron chi connectivity index (χ4n) is 2.19. The van der Waals surface area contributed by atoms with Crippen molar-refractivity contribution in [3.05, 3.63) is 54.1 Å². The monoisotopic (exact) mass is 334 g/mol. The molecule has 0 heterocycles. The van der Waals surface area contributed by atoms with Crippen molar-refractivity contribution in [2.24, 2.45) is 0 Å². The number of carbonyl (C=O) groups excluding carboxylic acids is 1. The Labute approximate surface area is 135 Å². The number of hydrogen-bond acceptors (Lipinski definition) is 4. The lowest BCUT2D eigenvalue weighted by atomic mass is 10.2. The van der Waals surface area contributed by atoms with Gasteiger partial charge in [0.1, 0.15) is 0 Å². The molecule has 0 unspecified atom stereocenters. The Morgan fingerprint density at radius 1 is 1.17 bits per heavy atom. The molecule has 2 N–H and O–H groups in total. The van der Waals surface area contributed by atoms with Crippen molar-refractivity contribution in [1.29, 1.82) is 0 Å². The van der Waals surface area contributed by atoms with Crippen LogP contribution in [0.25, 0.3) is 0 Å². The summed E-state index contributed by atoms with van der Waals surface area (Å²) in [5.74, 6) is -0.148. The fourth-order valence-corrected chi connectivity index (χ4v) is 2.74. The van der Waals surface area contributed by atoms with E-state index in [1.165, 1.54) is 19.1 Å². The van der Waals surface area contributed by atoms with Crippen molar-refractivity contribution in [2.75, 3.05) is 17.3 Å². The van der Waals surface area contributed by atoms with Gasteiger partial charge in [-0.2, -0.15) is 8.42 Å². The molecule has 0 radical (unpaired) electrons. The minimum Gasteiger partial charge on any atom is -0.370 e. The summed E-state index contributed by atoms with van der Waals surface area (Å²) in [4.78, 5) is 12.9. The minimum atomic E-state index is -4.21. The zero-order valence-electron chi connectivity index (χ0n) is 12.9. The maximum absolute atomic E-state index is 11.2. The maximum atomic E-state index is 11.2. The number of nitrogens with zero attached hydrogens (tertiary/aromatic N) is 1. The number of hydrogen-bond donors (Lipinski definition) is 2. The zero-order valence-corrected chi connectivity index (χ0v) is 13.7. The average Bonchev–Trinajstić information content (AvgIpc) is 2.46. The molecule has 0 saturated carbocycles. The van der Waals surface area contributed by atoms with E-state index >= 15 is 0 Å². The summed E-state index contributed by atoms with van der Waals surface area (Å²) < 4.78 is 31.5. The second kappa shape index (κ2) is 6.80. The number of nitrogens with one attached hydrogen (secondary N) is 1. The third-order valence-electron chi connectivity index (χ3n) is 3.22. The minimum absolute atomic E-state index is 0.129. The van der Waals surface area contributed by atoms with E-state index in [0.717, 1.165) is 11.3 Å². The van der Waals surface area contributed by atoms with Crippen LogP contribution < -0.4 is 10.2 Å². The number of anilines is 2. The van der Waals surface area contributed by atoms with Crippen LogP contribution >= 0.6 is 0 Å². The molecule has 0 aliphatic heterocycles. The van der Waals surface area contributed by atoms with E-state index in [1.54, 1.807) is 18.2 Å². The predicted molar refractivity (Wildman–Crippen MR) is 89.1 cm³/mol. The molecule has 0 spiro atoms. The molecular formula is C16H18N2O4S. The lowest BCUT2D eigenvalue weighted by Gasteiger charge is -2.20. The highest BCUT2D eigenvalue weighted by Crippen LogP contribution is 2.21. The van der Waals surface area contributed by atoms with Gasteiger partial charge >= 0.3 is 0 Å². The van der Waals surface area contributed by atoms with Crippen LogP contribution in [0.5, 0.6) is 0 Å². The van der Waals surface area contributed by atoms with E-state index in [4.69, 9.17) is 4.55 Å². The first-order valence-corrected chi connectivity index (χ1v) is 8.35. The zero-order chi connectivity index (χ0) is 17.0. The molecule has 0 bridgehead atoms. The summed E-state index contributed by atoms with van der Waals surface area (Å²) in [7, 11) is -2.36. The normalized spacial score (nSPS) is 11.1. The predicted octanol–water partition coefficient (Wildman–Crippen LogP) is 2.53. The molecule has 1 amide bonds. The van der Waals surface area contributed by atoms with Gasteiger partial charge in [0.2, 0.25) is 5.91 Å². The van der Waals surface area contributed by atoms with Crippen LogP contribution in [0, 0.1) is 0 Å². The first kappa shape index (κ1) is 17.0. The summed E-state index contributed by atoms with van der Waals surface area (Å²) in [5.41, 5.74) is 2.30. The highest BCUT2D eigenvalue weighted by molar-refractivity contribution is 7.85. The molecule has 23 heavy (non-hydrogen) atoms. The van der Waals surface area contributed by atoms with Crippen LogP contribution in [-0.2, 0) is 21.5 Å². The number of benzene rings is 2. The molecule has 0 saturated heterocycles. The summed E-state index contributed by atoms with van der Waals surface area (Å²) in [6, 6.07) is 13.5. The Kier molecular flexibility index (Phi) is 5.02. The highest BCUT2D eigenvalue weighted by Gasteiger charge is 2.11. The van der Waals surface area contributed by atoms with E-state index in [2.05, 4.69) is 5.32 Å². The Bertz CT molecular complexity index is 818. The Morgan fingerprint density at radius 2 is 1.87 bits per heavy atom. The van der Waals surface area contributed by atoms with E-state index in [1.807, 2.05) is 30.1 Å².